The lowest BCUT2D eigenvalue weighted by atomic mass is 10.1. The van der Waals surface area contributed by atoms with Crippen molar-refractivity contribution in [2.24, 2.45) is 0 Å². The zero-order chi connectivity index (χ0) is 12.4. The lowest BCUT2D eigenvalue weighted by molar-refractivity contribution is -0.387. The van der Waals surface area contributed by atoms with Gasteiger partial charge in [-0.1, -0.05) is 15.9 Å². The fourth-order valence-corrected chi connectivity index (χ4v) is 2.17. The Morgan fingerprint density at radius 2 is 2.12 bits per heavy atom. The first-order chi connectivity index (χ1) is 8.13. The third-order valence-corrected chi connectivity index (χ3v) is 3.01. The van der Waals surface area contributed by atoms with Crippen LogP contribution in [-0.2, 0) is 14.8 Å². The number of hydrogen-bond acceptors (Lipinski definition) is 5. The maximum absolute atomic E-state index is 11.1. The van der Waals surface area contributed by atoms with Gasteiger partial charge in [0.2, 0.25) is 0 Å². The molecule has 0 aromatic heterocycles. The van der Waals surface area contributed by atoms with E-state index in [1.54, 1.807) is 0 Å². The molecule has 7 heteroatoms. The summed E-state index contributed by atoms with van der Waals surface area (Å²) in [7, 11) is 0. The first-order valence-electron chi connectivity index (χ1n) is 4.93. The van der Waals surface area contributed by atoms with Crippen molar-refractivity contribution in [3.8, 4) is 5.75 Å². The van der Waals surface area contributed by atoms with Gasteiger partial charge in [0, 0.05) is 10.9 Å². The van der Waals surface area contributed by atoms with Gasteiger partial charge in [-0.3, -0.25) is 10.1 Å². The van der Waals surface area contributed by atoms with E-state index in [9.17, 15) is 15.2 Å². The Kier molecular flexibility index (Phi) is 3.60. The molecule has 0 aliphatic carbocycles. The van der Waals surface area contributed by atoms with Crippen molar-refractivity contribution in [2.45, 2.75) is 11.6 Å². The van der Waals surface area contributed by atoms with E-state index in [1.807, 2.05) is 0 Å². The van der Waals surface area contributed by atoms with Gasteiger partial charge in [0.05, 0.1) is 23.7 Å². The number of ether oxygens (including phenoxy) is 2. The SMILES string of the molecule is O=[N+]([O-])c1c(CBr)cc(O)cc1C1OCCO1. The van der Waals surface area contributed by atoms with E-state index in [2.05, 4.69) is 15.9 Å². The maximum atomic E-state index is 11.1. The number of nitro groups is 1. The quantitative estimate of drug-likeness (QED) is 0.526. The number of alkyl halides is 1. The van der Waals surface area contributed by atoms with Crippen LogP contribution in [0.3, 0.4) is 0 Å². The summed E-state index contributed by atoms with van der Waals surface area (Å²) in [6, 6.07) is 2.66. The molecule has 0 atom stereocenters. The molecule has 1 aromatic carbocycles. The third kappa shape index (κ3) is 2.41. The number of phenols is 1. The lowest BCUT2D eigenvalue weighted by Gasteiger charge is -2.12. The van der Waals surface area contributed by atoms with Crippen LogP contribution < -0.4 is 0 Å². The predicted molar refractivity (Wildman–Crippen MR) is 62.0 cm³/mol. The van der Waals surface area contributed by atoms with Gasteiger partial charge >= 0.3 is 0 Å². The normalized spacial score (nSPS) is 16.3. The van der Waals surface area contributed by atoms with E-state index in [-0.39, 0.29) is 22.3 Å². The molecule has 17 heavy (non-hydrogen) atoms. The molecule has 0 amide bonds. The van der Waals surface area contributed by atoms with Gasteiger partial charge in [0.25, 0.3) is 5.69 Å². The number of phenolic OH excluding ortho intramolecular Hbond substituents is 1. The number of benzene rings is 1. The molecular formula is C10H10BrNO5. The summed E-state index contributed by atoms with van der Waals surface area (Å²) in [6.07, 6.45) is -0.778. The molecule has 0 unspecified atom stereocenters. The number of aromatic hydroxyl groups is 1. The van der Waals surface area contributed by atoms with Crippen LogP contribution in [-0.4, -0.2) is 23.2 Å². The first kappa shape index (κ1) is 12.3. The summed E-state index contributed by atoms with van der Waals surface area (Å²) >= 11 is 3.16. The van der Waals surface area contributed by atoms with Gasteiger partial charge < -0.3 is 14.6 Å². The van der Waals surface area contributed by atoms with Gasteiger partial charge in [0.1, 0.15) is 5.75 Å². The number of nitrogens with zero attached hydrogens (tertiary/aromatic N) is 1. The third-order valence-electron chi connectivity index (χ3n) is 2.41. The van der Waals surface area contributed by atoms with Crippen molar-refractivity contribution >= 4 is 21.6 Å². The van der Waals surface area contributed by atoms with Crippen LogP contribution in [0.15, 0.2) is 12.1 Å². The number of hydrogen-bond donors (Lipinski definition) is 1. The molecule has 1 aromatic rings. The highest BCUT2D eigenvalue weighted by Crippen LogP contribution is 2.37. The summed E-state index contributed by atoms with van der Waals surface area (Å²) < 4.78 is 10.5. The Morgan fingerprint density at radius 3 is 2.65 bits per heavy atom. The monoisotopic (exact) mass is 303 g/mol. The molecule has 1 fully saturated rings. The summed E-state index contributed by atoms with van der Waals surface area (Å²) in [6.45, 7) is 0.780. The molecule has 0 saturated carbocycles. The van der Waals surface area contributed by atoms with Gasteiger partial charge in [-0.05, 0) is 12.1 Å². The Morgan fingerprint density at radius 1 is 1.47 bits per heavy atom. The average molecular weight is 304 g/mol. The number of halogens is 1. The van der Waals surface area contributed by atoms with E-state index >= 15 is 0 Å². The van der Waals surface area contributed by atoms with E-state index < -0.39 is 11.2 Å². The summed E-state index contributed by atoms with van der Waals surface area (Å²) in [5, 5.41) is 20.9. The molecule has 1 heterocycles. The minimum Gasteiger partial charge on any atom is -0.508 e. The Hall–Kier alpha value is -1.18. The average Bonchev–Trinajstić information content (AvgIpc) is 2.80. The Balaban J connectivity index is 2.54. The van der Waals surface area contributed by atoms with Crippen LogP contribution in [0.4, 0.5) is 5.69 Å². The standard InChI is InChI=1S/C10H10BrNO5/c11-5-6-3-7(13)4-8(9(6)12(14)15)10-16-1-2-17-10/h3-4,10,13H,1-2,5H2. The van der Waals surface area contributed by atoms with Crippen LogP contribution >= 0.6 is 15.9 Å². The second-order valence-corrected chi connectivity index (χ2v) is 4.07. The molecule has 1 saturated heterocycles. The largest absolute Gasteiger partial charge is 0.508 e. The lowest BCUT2D eigenvalue weighted by Crippen LogP contribution is -2.05. The second-order valence-electron chi connectivity index (χ2n) is 3.51. The molecule has 2 rings (SSSR count). The van der Waals surface area contributed by atoms with Crippen molar-refractivity contribution in [3.63, 3.8) is 0 Å². The van der Waals surface area contributed by atoms with E-state index in [4.69, 9.17) is 9.47 Å². The van der Waals surface area contributed by atoms with E-state index in [1.165, 1.54) is 12.1 Å². The van der Waals surface area contributed by atoms with Crippen molar-refractivity contribution < 1.29 is 19.5 Å². The summed E-state index contributed by atoms with van der Waals surface area (Å²) in [5.74, 6) is -0.0425. The van der Waals surface area contributed by atoms with Crippen molar-refractivity contribution in [1.29, 1.82) is 0 Å². The number of rotatable bonds is 3. The topological polar surface area (TPSA) is 81.8 Å². The zero-order valence-corrected chi connectivity index (χ0v) is 10.3. The van der Waals surface area contributed by atoms with Crippen molar-refractivity contribution in [2.75, 3.05) is 13.2 Å². The van der Waals surface area contributed by atoms with E-state index in [0.29, 0.717) is 18.8 Å². The van der Waals surface area contributed by atoms with Gasteiger partial charge in [0.15, 0.2) is 6.29 Å². The number of nitro benzene ring substituents is 1. The molecule has 1 aliphatic heterocycles. The minimum atomic E-state index is -0.778. The highest BCUT2D eigenvalue weighted by atomic mass is 79.9. The van der Waals surface area contributed by atoms with Crippen LogP contribution in [0.25, 0.3) is 0 Å². The molecule has 0 spiro atoms. The Labute approximate surface area is 105 Å². The Bertz CT molecular complexity index is 445. The molecule has 1 aliphatic rings. The fourth-order valence-electron chi connectivity index (χ4n) is 1.74. The van der Waals surface area contributed by atoms with Crippen LogP contribution in [0, 0.1) is 10.1 Å². The van der Waals surface area contributed by atoms with Crippen molar-refractivity contribution in [3.05, 3.63) is 33.4 Å². The molecular weight excluding hydrogens is 294 g/mol. The smallest absolute Gasteiger partial charge is 0.281 e. The second kappa shape index (κ2) is 4.99. The summed E-state index contributed by atoms with van der Waals surface area (Å²) in [5.41, 5.74) is 0.567. The minimum absolute atomic E-state index is 0.0425. The molecule has 1 N–H and O–H groups in total. The molecule has 0 bridgehead atoms. The fraction of sp³-hybridized carbons (Fsp3) is 0.400. The van der Waals surface area contributed by atoms with Crippen molar-refractivity contribution in [1.82, 2.24) is 0 Å². The zero-order valence-electron chi connectivity index (χ0n) is 8.76. The van der Waals surface area contributed by atoms with Gasteiger partial charge in [-0.25, -0.2) is 0 Å². The van der Waals surface area contributed by atoms with Gasteiger partial charge in [-0.2, -0.15) is 0 Å². The first-order valence-corrected chi connectivity index (χ1v) is 6.05. The van der Waals surface area contributed by atoms with E-state index in [0.717, 1.165) is 0 Å². The highest BCUT2D eigenvalue weighted by molar-refractivity contribution is 9.08. The van der Waals surface area contributed by atoms with Crippen LogP contribution in [0.1, 0.15) is 17.4 Å². The van der Waals surface area contributed by atoms with Crippen LogP contribution in [0.5, 0.6) is 5.75 Å². The van der Waals surface area contributed by atoms with Gasteiger partial charge in [-0.15, -0.1) is 0 Å². The molecule has 6 nitrogen and oxygen atoms in total. The maximum Gasteiger partial charge on any atom is 0.281 e. The highest BCUT2D eigenvalue weighted by Gasteiger charge is 2.30. The molecule has 0 radical (unpaired) electrons. The van der Waals surface area contributed by atoms with Crippen LogP contribution in [0.2, 0.25) is 0 Å². The predicted octanol–water partition coefficient (Wildman–Crippen LogP) is 2.24. The summed E-state index contributed by atoms with van der Waals surface area (Å²) in [4.78, 5) is 10.6. The molecule has 92 valence electrons.